The number of fused-ring (bicyclic) bond motifs is 3. The van der Waals surface area contributed by atoms with E-state index in [1.54, 1.807) is 6.20 Å². The molecule has 0 bridgehead atoms. The zero-order valence-electron chi connectivity index (χ0n) is 16.9. The van der Waals surface area contributed by atoms with Crippen molar-refractivity contribution >= 4 is 39.4 Å². The van der Waals surface area contributed by atoms with E-state index in [9.17, 15) is 4.79 Å². The molecule has 0 saturated carbocycles. The molecule has 1 N–H and O–H groups in total. The van der Waals surface area contributed by atoms with E-state index in [0.717, 1.165) is 47.0 Å². The molecule has 0 unspecified atom stereocenters. The first-order valence-electron chi connectivity index (χ1n) is 10.5. The van der Waals surface area contributed by atoms with Crippen molar-refractivity contribution in [3.05, 3.63) is 35.2 Å². The molecule has 0 spiro atoms. The molecule has 2 saturated heterocycles. The molecule has 2 fully saturated rings. The number of nitrogens with one attached hydrogen (secondary N) is 1. The van der Waals surface area contributed by atoms with Crippen LogP contribution in [0, 0.1) is 0 Å². The van der Waals surface area contributed by atoms with Gasteiger partial charge in [0.1, 0.15) is 11.3 Å². The largest absolute Gasteiger partial charge is 0.379 e. The fourth-order valence-corrected chi connectivity index (χ4v) is 4.77. The number of ether oxygens (including phenoxy) is 2. The molecule has 8 heteroatoms. The summed E-state index contributed by atoms with van der Waals surface area (Å²) in [4.78, 5) is 22.2. The van der Waals surface area contributed by atoms with Gasteiger partial charge in [0, 0.05) is 29.7 Å². The number of rotatable bonds is 4. The van der Waals surface area contributed by atoms with Gasteiger partial charge in [0.15, 0.2) is 0 Å². The number of amides is 1. The molecule has 3 aromatic rings. The normalized spacial score (nSPS) is 24.5. The van der Waals surface area contributed by atoms with Crippen molar-refractivity contribution in [2.24, 2.45) is 0 Å². The van der Waals surface area contributed by atoms with Crippen molar-refractivity contribution in [3.8, 4) is 0 Å². The molecule has 5 rings (SSSR count). The van der Waals surface area contributed by atoms with Crippen molar-refractivity contribution in [2.75, 3.05) is 19.8 Å². The maximum Gasteiger partial charge on any atom is 0.227 e. The Morgan fingerprint density at radius 3 is 3.00 bits per heavy atom. The minimum absolute atomic E-state index is 0.0301. The standard InChI is InChI=1S/C22H25ClN4O3/c1-13-8-16(5-7-30-13)27-20(10-21(28)25-15-4-6-29-12-15)26-19-11-24-18-3-2-14(23)9-17(18)22(19)27/h2-3,9,11,13,15-16H,4-8,10,12H2,1H3,(H,25,28)/t13-,15-,16-/m1/s1. The van der Waals surface area contributed by atoms with E-state index >= 15 is 0 Å². The number of hydrogen-bond acceptors (Lipinski definition) is 5. The molecule has 3 atom stereocenters. The van der Waals surface area contributed by atoms with Gasteiger partial charge in [-0.3, -0.25) is 9.78 Å². The molecule has 1 amide bonds. The lowest BCUT2D eigenvalue weighted by Gasteiger charge is -2.30. The summed E-state index contributed by atoms with van der Waals surface area (Å²) in [7, 11) is 0. The van der Waals surface area contributed by atoms with Gasteiger partial charge in [0.05, 0.1) is 42.4 Å². The summed E-state index contributed by atoms with van der Waals surface area (Å²) in [5.74, 6) is 0.729. The average Bonchev–Trinajstić information content (AvgIpc) is 3.35. The lowest BCUT2D eigenvalue weighted by molar-refractivity contribution is -0.121. The van der Waals surface area contributed by atoms with Crippen LogP contribution in [-0.2, 0) is 20.7 Å². The monoisotopic (exact) mass is 428 g/mol. The van der Waals surface area contributed by atoms with Gasteiger partial charge < -0.3 is 19.4 Å². The summed E-state index contributed by atoms with van der Waals surface area (Å²) in [6, 6.07) is 6.00. The predicted molar refractivity (Wildman–Crippen MR) is 115 cm³/mol. The molecule has 2 aliphatic heterocycles. The molecule has 2 aliphatic rings. The van der Waals surface area contributed by atoms with Crippen LogP contribution in [0.25, 0.3) is 21.9 Å². The van der Waals surface area contributed by atoms with E-state index in [4.69, 9.17) is 26.1 Å². The Labute approximate surface area is 179 Å². The number of benzene rings is 1. The third kappa shape index (κ3) is 3.77. The molecule has 2 aromatic heterocycles. The highest BCUT2D eigenvalue weighted by atomic mass is 35.5. The maximum atomic E-state index is 12.8. The highest BCUT2D eigenvalue weighted by molar-refractivity contribution is 6.31. The SMILES string of the molecule is C[C@@H]1C[C@H](n2c(CC(=O)N[C@@H]3CCOC3)nc3cnc4ccc(Cl)cc4c32)CCO1. The summed E-state index contributed by atoms with van der Waals surface area (Å²) >= 11 is 6.31. The van der Waals surface area contributed by atoms with Crippen LogP contribution in [0.15, 0.2) is 24.4 Å². The Morgan fingerprint density at radius 1 is 1.30 bits per heavy atom. The number of carbonyl (C=O) groups excluding carboxylic acids is 1. The van der Waals surface area contributed by atoms with Crippen molar-refractivity contribution in [2.45, 2.75) is 50.8 Å². The minimum atomic E-state index is -0.0301. The van der Waals surface area contributed by atoms with Crippen LogP contribution in [-0.4, -0.2) is 52.4 Å². The van der Waals surface area contributed by atoms with Gasteiger partial charge in [0.2, 0.25) is 5.91 Å². The van der Waals surface area contributed by atoms with E-state index < -0.39 is 0 Å². The number of halogens is 1. The van der Waals surface area contributed by atoms with Crippen molar-refractivity contribution in [1.82, 2.24) is 19.9 Å². The molecule has 30 heavy (non-hydrogen) atoms. The lowest BCUT2D eigenvalue weighted by atomic mass is 10.0. The van der Waals surface area contributed by atoms with Crippen LogP contribution in [0.2, 0.25) is 5.02 Å². The predicted octanol–water partition coefficient (Wildman–Crippen LogP) is 3.43. The zero-order valence-corrected chi connectivity index (χ0v) is 17.7. The summed E-state index contributed by atoms with van der Waals surface area (Å²) in [5, 5.41) is 4.70. The van der Waals surface area contributed by atoms with Crippen molar-refractivity contribution in [1.29, 1.82) is 0 Å². The minimum Gasteiger partial charge on any atom is -0.379 e. The first kappa shape index (κ1) is 19.7. The van der Waals surface area contributed by atoms with Crippen molar-refractivity contribution in [3.63, 3.8) is 0 Å². The van der Waals surface area contributed by atoms with Crippen LogP contribution in [0.5, 0.6) is 0 Å². The topological polar surface area (TPSA) is 78.3 Å². The van der Waals surface area contributed by atoms with Gasteiger partial charge in [-0.15, -0.1) is 0 Å². The molecule has 4 heterocycles. The number of aromatic nitrogens is 3. The van der Waals surface area contributed by atoms with E-state index in [1.165, 1.54) is 0 Å². The fourth-order valence-electron chi connectivity index (χ4n) is 4.59. The third-order valence-corrected chi connectivity index (χ3v) is 6.22. The molecule has 7 nitrogen and oxygen atoms in total. The second kappa shape index (κ2) is 8.13. The Bertz CT molecular complexity index is 1090. The van der Waals surface area contributed by atoms with Gasteiger partial charge in [-0.25, -0.2) is 4.98 Å². The lowest BCUT2D eigenvalue weighted by Crippen LogP contribution is -2.37. The number of nitrogens with zero attached hydrogens (tertiary/aromatic N) is 3. The Balaban J connectivity index is 1.59. The quantitative estimate of drug-likeness (QED) is 0.688. The maximum absolute atomic E-state index is 12.8. The summed E-state index contributed by atoms with van der Waals surface area (Å²) in [5.41, 5.74) is 2.65. The second-order valence-corrected chi connectivity index (χ2v) is 8.65. The first-order valence-corrected chi connectivity index (χ1v) is 10.9. The van der Waals surface area contributed by atoms with Crippen LogP contribution in [0.3, 0.4) is 0 Å². The highest BCUT2D eigenvalue weighted by Gasteiger charge is 2.28. The number of hydrogen-bond donors (Lipinski definition) is 1. The van der Waals surface area contributed by atoms with E-state index in [1.807, 2.05) is 18.2 Å². The van der Waals surface area contributed by atoms with Gasteiger partial charge in [-0.05, 0) is 44.4 Å². The molecular formula is C22H25ClN4O3. The average molecular weight is 429 g/mol. The number of carbonyl (C=O) groups is 1. The number of pyridine rings is 1. The van der Waals surface area contributed by atoms with Crippen LogP contribution >= 0.6 is 11.6 Å². The van der Waals surface area contributed by atoms with Gasteiger partial charge in [0.25, 0.3) is 0 Å². The summed E-state index contributed by atoms with van der Waals surface area (Å²) in [6.45, 7) is 4.06. The fraction of sp³-hybridized carbons (Fsp3) is 0.500. The van der Waals surface area contributed by atoms with Crippen LogP contribution in [0.4, 0.5) is 0 Å². The van der Waals surface area contributed by atoms with E-state index in [0.29, 0.717) is 24.8 Å². The van der Waals surface area contributed by atoms with Crippen molar-refractivity contribution < 1.29 is 14.3 Å². The van der Waals surface area contributed by atoms with E-state index in [2.05, 4.69) is 21.8 Å². The molecule has 1 aromatic carbocycles. The molecule has 0 aliphatic carbocycles. The molecule has 158 valence electrons. The van der Waals surface area contributed by atoms with Gasteiger partial charge >= 0.3 is 0 Å². The summed E-state index contributed by atoms with van der Waals surface area (Å²) < 4.78 is 13.4. The summed E-state index contributed by atoms with van der Waals surface area (Å²) in [6.07, 6.45) is 4.78. The zero-order chi connectivity index (χ0) is 20.7. The molecular weight excluding hydrogens is 404 g/mol. The van der Waals surface area contributed by atoms with Crippen LogP contribution < -0.4 is 5.32 Å². The third-order valence-electron chi connectivity index (χ3n) is 5.99. The molecule has 0 radical (unpaired) electrons. The smallest absolute Gasteiger partial charge is 0.227 e. The van der Waals surface area contributed by atoms with Gasteiger partial charge in [-0.2, -0.15) is 0 Å². The van der Waals surface area contributed by atoms with Crippen LogP contribution in [0.1, 0.15) is 38.1 Å². The van der Waals surface area contributed by atoms with Gasteiger partial charge in [-0.1, -0.05) is 11.6 Å². The highest BCUT2D eigenvalue weighted by Crippen LogP contribution is 2.34. The van der Waals surface area contributed by atoms with E-state index in [-0.39, 0.29) is 30.5 Å². The Kier molecular flexibility index (Phi) is 5.35. The second-order valence-electron chi connectivity index (χ2n) is 8.22. The Hall–Kier alpha value is -2.22. The number of imidazole rings is 1. The first-order chi connectivity index (χ1) is 14.6. The Morgan fingerprint density at radius 2 is 2.20 bits per heavy atom.